The van der Waals surface area contributed by atoms with E-state index in [0.717, 1.165) is 6.07 Å². The number of benzene rings is 1. The molecule has 1 aromatic heterocycles. The second-order valence-corrected chi connectivity index (χ2v) is 4.28. The number of esters is 1. The highest BCUT2D eigenvalue weighted by Gasteiger charge is 2.14. The summed E-state index contributed by atoms with van der Waals surface area (Å²) in [5.41, 5.74) is 1.16. The van der Waals surface area contributed by atoms with Crippen molar-refractivity contribution in [2.45, 2.75) is 20.4 Å². The molecule has 0 spiro atoms. The van der Waals surface area contributed by atoms with Gasteiger partial charge < -0.3 is 4.74 Å². The molecule has 0 N–H and O–H groups in total. The largest absolute Gasteiger partial charge is 0.461 e. The van der Waals surface area contributed by atoms with Crippen LogP contribution in [-0.2, 0) is 11.3 Å². The Labute approximate surface area is 115 Å². The first kappa shape index (κ1) is 14.2. The van der Waals surface area contributed by atoms with Crippen LogP contribution in [0.3, 0.4) is 0 Å². The van der Waals surface area contributed by atoms with E-state index in [4.69, 9.17) is 4.74 Å². The molecule has 0 bridgehead atoms. The third-order valence-electron chi connectivity index (χ3n) is 2.80. The van der Waals surface area contributed by atoms with Gasteiger partial charge in [-0.15, -0.1) is 0 Å². The molecule has 0 aliphatic heterocycles. The number of halogens is 2. The summed E-state index contributed by atoms with van der Waals surface area (Å²) >= 11 is 0. The van der Waals surface area contributed by atoms with E-state index in [2.05, 4.69) is 5.10 Å². The van der Waals surface area contributed by atoms with Crippen LogP contribution >= 0.6 is 0 Å². The van der Waals surface area contributed by atoms with E-state index in [9.17, 15) is 13.6 Å². The van der Waals surface area contributed by atoms with Gasteiger partial charge in [0, 0.05) is 17.3 Å². The van der Waals surface area contributed by atoms with Crippen LogP contribution in [-0.4, -0.2) is 22.4 Å². The molecule has 0 amide bonds. The average molecular weight is 280 g/mol. The van der Waals surface area contributed by atoms with Crippen LogP contribution in [0.15, 0.2) is 24.3 Å². The zero-order chi connectivity index (χ0) is 14.7. The topological polar surface area (TPSA) is 44.1 Å². The van der Waals surface area contributed by atoms with Gasteiger partial charge in [-0.3, -0.25) is 4.68 Å². The first-order valence-corrected chi connectivity index (χ1v) is 6.16. The van der Waals surface area contributed by atoms with Gasteiger partial charge >= 0.3 is 5.97 Å². The Kier molecular flexibility index (Phi) is 4.12. The Hall–Kier alpha value is -2.24. The van der Waals surface area contributed by atoms with Crippen LogP contribution in [0.5, 0.6) is 0 Å². The van der Waals surface area contributed by atoms with Crippen molar-refractivity contribution in [3.8, 4) is 0 Å². The fourth-order valence-electron chi connectivity index (χ4n) is 1.79. The number of carbonyl (C=O) groups is 1. The van der Waals surface area contributed by atoms with Gasteiger partial charge in [0.2, 0.25) is 0 Å². The van der Waals surface area contributed by atoms with Crippen molar-refractivity contribution in [1.29, 1.82) is 0 Å². The SMILES string of the molecule is CCOC(=O)c1cc(C)n(Cc2ccc(F)cc2F)n1. The van der Waals surface area contributed by atoms with Crippen LogP contribution < -0.4 is 0 Å². The monoisotopic (exact) mass is 280 g/mol. The first-order valence-electron chi connectivity index (χ1n) is 6.16. The minimum atomic E-state index is -0.641. The lowest BCUT2D eigenvalue weighted by atomic mass is 10.2. The van der Waals surface area contributed by atoms with Crippen LogP contribution in [0.1, 0.15) is 28.7 Å². The molecule has 2 rings (SSSR count). The molecule has 0 aliphatic rings. The summed E-state index contributed by atoms with van der Waals surface area (Å²) < 4.78 is 32.7. The second-order valence-electron chi connectivity index (χ2n) is 4.28. The van der Waals surface area contributed by atoms with Crippen molar-refractivity contribution in [2.24, 2.45) is 0 Å². The average Bonchev–Trinajstić information content (AvgIpc) is 2.75. The smallest absolute Gasteiger partial charge is 0.358 e. The molecule has 6 heteroatoms. The number of aryl methyl sites for hydroxylation is 1. The summed E-state index contributed by atoms with van der Waals surface area (Å²) in [7, 11) is 0. The van der Waals surface area contributed by atoms with E-state index in [0.29, 0.717) is 11.3 Å². The zero-order valence-electron chi connectivity index (χ0n) is 11.2. The fraction of sp³-hybridized carbons (Fsp3) is 0.286. The predicted molar refractivity (Wildman–Crippen MR) is 68.4 cm³/mol. The number of ether oxygens (including phenoxy) is 1. The van der Waals surface area contributed by atoms with E-state index in [1.165, 1.54) is 16.8 Å². The molecule has 0 atom stereocenters. The number of nitrogens with zero attached hydrogens (tertiary/aromatic N) is 2. The molecule has 0 fully saturated rings. The van der Waals surface area contributed by atoms with Crippen molar-refractivity contribution in [3.05, 3.63) is 52.9 Å². The molecule has 1 heterocycles. The fourth-order valence-corrected chi connectivity index (χ4v) is 1.79. The van der Waals surface area contributed by atoms with Crippen molar-refractivity contribution >= 4 is 5.97 Å². The summed E-state index contributed by atoms with van der Waals surface area (Å²) in [6.45, 7) is 3.83. The third kappa shape index (κ3) is 3.01. The normalized spacial score (nSPS) is 10.6. The second kappa shape index (κ2) is 5.81. The minimum Gasteiger partial charge on any atom is -0.461 e. The molecule has 20 heavy (non-hydrogen) atoms. The number of hydrogen-bond donors (Lipinski definition) is 0. The maximum absolute atomic E-state index is 13.6. The van der Waals surface area contributed by atoms with E-state index in [-0.39, 0.29) is 18.8 Å². The molecule has 1 aromatic carbocycles. The summed E-state index contributed by atoms with van der Waals surface area (Å²) in [6.07, 6.45) is 0. The molecule has 2 aromatic rings. The highest BCUT2D eigenvalue weighted by Crippen LogP contribution is 2.13. The van der Waals surface area contributed by atoms with Gasteiger partial charge in [0.05, 0.1) is 13.2 Å². The quantitative estimate of drug-likeness (QED) is 0.809. The van der Waals surface area contributed by atoms with Gasteiger partial charge in [-0.1, -0.05) is 6.07 Å². The summed E-state index contributed by atoms with van der Waals surface area (Å²) in [5.74, 6) is -1.79. The Morgan fingerprint density at radius 2 is 2.10 bits per heavy atom. The predicted octanol–water partition coefficient (Wildman–Crippen LogP) is 2.69. The lowest BCUT2D eigenvalue weighted by molar-refractivity contribution is 0.0518. The molecular weight excluding hydrogens is 266 g/mol. The summed E-state index contributed by atoms with van der Waals surface area (Å²) in [6, 6.07) is 4.93. The Morgan fingerprint density at radius 1 is 1.35 bits per heavy atom. The van der Waals surface area contributed by atoms with Gasteiger partial charge in [-0.2, -0.15) is 5.10 Å². The van der Waals surface area contributed by atoms with Gasteiger partial charge in [0.15, 0.2) is 5.69 Å². The standard InChI is InChI=1S/C14H14F2N2O2/c1-3-20-14(19)13-6-9(2)18(17-13)8-10-4-5-11(15)7-12(10)16/h4-7H,3,8H2,1-2H3. The number of hydrogen-bond acceptors (Lipinski definition) is 3. The Bertz CT molecular complexity index is 638. The van der Waals surface area contributed by atoms with E-state index >= 15 is 0 Å². The zero-order valence-corrected chi connectivity index (χ0v) is 11.2. The Balaban J connectivity index is 2.23. The third-order valence-corrected chi connectivity index (χ3v) is 2.80. The molecule has 106 valence electrons. The highest BCUT2D eigenvalue weighted by molar-refractivity contribution is 5.87. The van der Waals surface area contributed by atoms with Crippen LogP contribution in [0, 0.1) is 18.6 Å². The molecule has 0 saturated carbocycles. The van der Waals surface area contributed by atoms with Crippen molar-refractivity contribution < 1.29 is 18.3 Å². The van der Waals surface area contributed by atoms with E-state index in [1.807, 2.05) is 0 Å². The van der Waals surface area contributed by atoms with Crippen LogP contribution in [0.2, 0.25) is 0 Å². The minimum absolute atomic E-state index is 0.122. The van der Waals surface area contributed by atoms with Crippen LogP contribution in [0.4, 0.5) is 8.78 Å². The van der Waals surface area contributed by atoms with Crippen molar-refractivity contribution in [3.63, 3.8) is 0 Å². The molecule has 0 unspecified atom stereocenters. The summed E-state index contributed by atoms with van der Waals surface area (Å²) in [5, 5.41) is 4.07. The van der Waals surface area contributed by atoms with Crippen molar-refractivity contribution in [2.75, 3.05) is 6.61 Å². The van der Waals surface area contributed by atoms with Crippen molar-refractivity contribution in [1.82, 2.24) is 9.78 Å². The number of carbonyl (C=O) groups excluding carboxylic acids is 1. The van der Waals surface area contributed by atoms with Gasteiger partial charge in [0.25, 0.3) is 0 Å². The molecular formula is C14H14F2N2O2. The maximum Gasteiger partial charge on any atom is 0.358 e. The molecule has 0 aliphatic carbocycles. The number of aromatic nitrogens is 2. The van der Waals surface area contributed by atoms with Crippen LogP contribution in [0.25, 0.3) is 0 Å². The lowest BCUT2D eigenvalue weighted by Crippen LogP contribution is -2.09. The number of rotatable bonds is 4. The van der Waals surface area contributed by atoms with E-state index < -0.39 is 17.6 Å². The van der Waals surface area contributed by atoms with Gasteiger partial charge in [-0.05, 0) is 26.0 Å². The Morgan fingerprint density at radius 3 is 2.75 bits per heavy atom. The molecule has 4 nitrogen and oxygen atoms in total. The molecule has 0 radical (unpaired) electrons. The lowest BCUT2D eigenvalue weighted by Gasteiger charge is -2.05. The highest BCUT2D eigenvalue weighted by atomic mass is 19.1. The summed E-state index contributed by atoms with van der Waals surface area (Å²) in [4.78, 5) is 11.6. The maximum atomic E-state index is 13.6. The molecule has 0 saturated heterocycles. The van der Waals surface area contributed by atoms with Gasteiger partial charge in [-0.25, -0.2) is 13.6 Å². The first-order chi connectivity index (χ1) is 9.51. The van der Waals surface area contributed by atoms with Gasteiger partial charge in [0.1, 0.15) is 11.6 Å². The van der Waals surface area contributed by atoms with E-state index in [1.54, 1.807) is 19.9 Å².